The van der Waals surface area contributed by atoms with E-state index < -0.39 is 5.91 Å². The van der Waals surface area contributed by atoms with Crippen LogP contribution in [0.1, 0.15) is 16.4 Å². The van der Waals surface area contributed by atoms with Crippen molar-refractivity contribution in [2.75, 3.05) is 10.7 Å². The van der Waals surface area contributed by atoms with Crippen molar-refractivity contribution in [1.82, 2.24) is 15.2 Å². The first kappa shape index (κ1) is 12.3. The quantitative estimate of drug-likeness (QED) is 0.560. The van der Waals surface area contributed by atoms with Crippen LogP contribution < -0.4 is 16.6 Å². The molecule has 0 atom stereocenters. The molecule has 9 heteroatoms. The van der Waals surface area contributed by atoms with Crippen molar-refractivity contribution in [3.63, 3.8) is 0 Å². The summed E-state index contributed by atoms with van der Waals surface area (Å²) in [6, 6.07) is 3.01. The number of anilines is 2. The fourth-order valence-electron chi connectivity index (χ4n) is 1.19. The van der Waals surface area contributed by atoms with Gasteiger partial charge in [0, 0.05) is 6.92 Å². The van der Waals surface area contributed by atoms with Gasteiger partial charge in [0.2, 0.25) is 5.89 Å². The van der Waals surface area contributed by atoms with Crippen molar-refractivity contribution in [3.05, 3.63) is 28.7 Å². The highest BCUT2D eigenvalue weighted by molar-refractivity contribution is 6.34. The number of aryl methyl sites for hydroxylation is 1. The van der Waals surface area contributed by atoms with Gasteiger partial charge in [0.15, 0.2) is 0 Å². The van der Waals surface area contributed by atoms with Crippen molar-refractivity contribution in [2.24, 2.45) is 5.84 Å². The molecular formula is C9H9ClN6O2. The largest absolute Gasteiger partial charge is 0.408 e. The van der Waals surface area contributed by atoms with Gasteiger partial charge in [0.1, 0.15) is 11.5 Å². The van der Waals surface area contributed by atoms with E-state index in [-0.39, 0.29) is 16.7 Å². The maximum atomic E-state index is 11.9. The molecule has 4 N–H and O–H groups in total. The molecule has 0 aromatic carbocycles. The third kappa shape index (κ3) is 2.55. The molecule has 0 fully saturated rings. The van der Waals surface area contributed by atoms with Crippen molar-refractivity contribution in [1.29, 1.82) is 0 Å². The fraction of sp³-hybridized carbons (Fsp3) is 0.111. The lowest BCUT2D eigenvalue weighted by Crippen LogP contribution is -2.17. The summed E-state index contributed by atoms with van der Waals surface area (Å²) in [6.45, 7) is 1.60. The Hall–Kier alpha value is -2.19. The molecule has 0 aliphatic rings. The lowest BCUT2D eigenvalue weighted by Gasteiger charge is -2.04. The molecule has 0 radical (unpaired) electrons. The summed E-state index contributed by atoms with van der Waals surface area (Å²) in [7, 11) is 0. The average Bonchev–Trinajstić information content (AvgIpc) is 2.75. The zero-order chi connectivity index (χ0) is 13.1. The third-order valence-electron chi connectivity index (χ3n) is 1.96. The normalized spacial score (nSPS) is 10.2. The van der Waals surface area contributed by atoms with Crippen LogP contribution in [0.15, 0.2) is 16.5 Å². The summed E-state index contributed by atoms with van der Waals surface area (Å²) >= 11 is 5.86. The Morgan fingerprint density at radius 2 is 2.22 bits per heavy atom. The Labute approximate surface area is 107 Å². The van der Waals surface area contributed by atoms with Crippen molar-refractivity contribution < 1.29 is 9.21 Å². The number of hydrogen-bond acceptors (Lipinski definition) is 7. The number of amides is 1. The molecule has 2 heterocycles. The number of aromatic nitrogens is 3. The summed E-state index contributed by atoms with van der Waals surface area (Å²) in [5.74, 6) is 5.27. The number of hydrogen-bond donors (Lipinski definition) is 3. The van der Waals surface area contributed by atoms with E-state index in [9.17, 15) is 4.79 Å². The Kier molecular flexibility index (Phi) is 3.40. The van der Waals surface area contributed by atoms with Crippen LogP contribution in [0.3, 0.4) is 0 Å². The summed E-state index contributed by atoms with van der Waals surface area (Å²) in [4.78, 5) is 15.8. The van der Waals surface area contributed by atoms with Gasteiger partial charge in [0.25, 0.3) is 5.91 Å². The monoisotopic (exact) mass is 268 g/mol. The topological polar surface area (TPSA) is 119 Å². The molecule has 0 unspecified atom stereocenters. The van der Waals surface area contributed by atoms with Crippen molar-refractivity contribution >= 4 is 29.3 Å². The van der Waals surface area contributed by atoms with Gasteiger partial charge in [-0.3, -0.25) is 10.1 Å². The van der Waals surface area contributed by atoms with Crippen LogP contribution in [-0.4, -0.2) is 21.1 Å². The lowest BCUT2D eigenvalue weighted by molar-refractivity contribution is 0.101. The number of pyridine rings is 1. The molecule has 0 saturated carbocycles. The van der Waals surface area contributed by atoms with Crippen LogP contribution in [0.5, 0.6) is 0 Å². The van der Waals surface area contributed by atoms with Gasteiger partial charge in [-0.25, -0.2) is 10.8 Å². The van der Waals surface area contributed by atoms with E-state index in [1.165, 1.54) is 12.1 Å². The SMILES string of the molecule is Cc1nnc(NC(=O)c2nc(NN)ccc2Cl)o1. The van der Waals surface area contributed by atoms with Gasteiger partial charge in [-0.2, -0.15) is 0 Å². The third-order valence-corrected chi connectivity index (χ3v) is 2.26. The molecule has 0 spiro atoms. The Bertz CT molecular complexity index is 584. The molecule has 0 bridgehead atoms. The number of rotatable bonds is 3. The molecule has 0 aliphatic heterocycles. The van der Waals surface area contributed by atoms with Crippen molar-refractivity contribution in [3.8, 4) is 0 Å². The standard InChI is InChI=1S/C9H9ClN6O2/c1-4-15-16-9(18-4)13-8(17)7-5(10)2-3-6(12-7)14-11/h2-3H,11H2,1H3,(H,12,14)(H,13,16,17). The van der Waals surface area contributed by atoms with E-state index in [1.807, 2.05) is 0 Å². The molecule has 94 valence electrons. The molecule has 8 nitrogen and oxygen atoms in total. The number of nitrogens with one attached hydrogen (secondary N) is 2. The van der Waals surface area contributed by atoms with Crippen LogP contribution in [-0.2, 0) is 0 Å². The first-order valence-electron chi connectivity index (χ1n) is 4.85. The zero-order valence-electron chi connectivity index (χ0n) is 9.27. The van der Waals surface area contributed by atoms with E-state index in [0.717, 1.165) is 0 Å². The highest BCUT2D eigenvalue weighted by atomic mass is 35.5. The predicted molar refractivity (Wildman–Crippen MR) is 64.0 cm³/mol. The number of nitrogens with zero attached hydrogens (tertiary/aromatic N) is 3. The summed E-state index contributed by atoms with van der Waals surface area (Å²) in [5.41, 5.74) is 2.32. The van der Waals surface area contributed by atoms with Gasteiger partial charge in [-0.05, 0) is 12.1 Å². The maximum Gasteiger partial charge on any atom is 0.322 e. The second-order valence-corrected chi connectivity index (χ2v) is 3.66. The average molecular weight is 269 g/mol. The summed E-state index contributed by atoms with van der Waals surface area (Å²) < 4.78 is 5.01. The molecule has 2 aromatic rings. The van der Waals surface area contributed by atoms with Gasteiger partial charge in [0.05, 0.1) is 5.02 Å². The molecule has 2 aromatic heterocycles. The molecule has 2 rings (SSSR count). The van der Waals surface area contributed by atoms with E-state index in [1.54, 1.807) is 6.92 Å². The van der Waals surface area contributed by atoms with Gasteiger partial charge >= 0.3 is 6.01 Å². The minimum absolute atomic E-state index is 0.00275. The zero-order valence-corrected chi connectivity index (χ0v) is 10.0. The highest BCUT2D eigenvalue weighted by Gasteiger charge is 2.15. The van der Waals surface area contributed by atoms with Crippen LogP contribution in [0.4, 0.5) is 11.8 Å². The highest BCUT2D eigenvalue weighted by Crippen LogP contribution is 2.17. The number of halogens is 1. The Morgan fingerprint density at radius 3 is 2.83 bits per heavy atom. The minimum Gasteiger partial charge on any atom is -0.408 e. The van der Waals surface area contributed by atoms with Crippen LogP contribution in [0.2, 0.25) is 5.02 Å². The van der Waals surface area contributed by atoms with E-state index >= 15 is 0 Å². The number of hydrazine groups is 1. The fourth-order valence-corrected chi connectivity index (χ4v) is 1.38. The van der Waals surface area contributed by atoms with Gasteiger partial charge in [-0.15, -0.1) is 5.10 Å². The van der Waals surface area contributed by atoms with Crippen LogP contribution >= 0.6 is 11.6 Å². The molecule has 18 heavy (non-hydrogen) atoms. The molecule has 0 saturated heterocycles. The molecule has 0 aliphatic carbocycles. The first-order valence-corrected chi connectivity index (χ1v) is 5.22. The predicted octanol–water partition coefficient (Wildman–Crippen LogP) is 0.964. The second kappa shape index (κ2) is 4.98. The Morgan fingerprint density at radius 1 is 1.44 bits per heavy atom. The van der Waals surface area contributed by atoms with Crippen molar-refractivity contribution in [2.45, 2.75) is 6.92 Å². The maximum absolute atomic E-state index is 11.9. The molecular weight excluding hydrogens is 260 g/mol. The number of carbonyl (C=O) groups is 1. The first-order chi connectivity index (χ1) is 8.60. The van der Waals surface area contributed by atoms with Crippen LogP contribution in [0, 0.1) is 6.92 Å². The second-order valence-electron chi connectivity index (χ2n) is 3.25. The van der Waals surface area contributed by atoms with Gasteiger partial charge < -0.3 is 9.84 Å². The minimum atomic E-state index is -0.569. The summed E-state index contributed by atoms with van der Waals surface area (Å²) in [6.07, 6.45) is 0. The lowest BCUT2D eigenvalue weighted by atomic mass is 10.3. The Balaban J connectivity index is 2.23. The number of carbonyl (C=O) groups excluding carboxylic acids is 1. The number of nitrogens with two attached hydrogens (primary N) is 1. The molecule has 1 amide bonds. The smallest absolute Gasteiger partial charge is 0.322 e. The number of nitrogen functional groups attached to an aromatic ring is 1. The van der Waals surface area contributed by atoms with E-state index in [0.29, 0.717) is 11.7 Å². The summed E-state index contributed by atoms with van der Waals surface area (Å²) in [5, 5.41) is 9.76. The van der Waals surface area contributed by atoms with Gasteiger partial charge in [-0.1, -0.05) is 16.7 Å². The van der Waals surface area contributed by atoms with E-state index in [4.69, 9.17) is 21.9 Å². The van der Waals surface area contributed by atoms with E-state index in [2.05, 4.69) is 25.9 Å². The van der Waals surface area contributed by atoms with Crippen LogP contribution in [0.25, 0.3) is 0 Å².